The van der Waals surface area contributed by atoms with E-state index in [9.17, 15) is 18.0 Å². The van der Waals surface area contributed by atoms with Crippen molar-refractivity contribution in [2.75, 3.05) is 28.4 Å². The van der Waals surface area contributed by atoms with Crippen LogP contribution in [0.4, 0.5) is 21.9 Å². The van der Waals surface area contributed by atoms with Gasteiger partial charge >= 0.3 is 6.03 Å². The molecular formula is C26H28N4O4S. The Hall–Kier alpha value is -3.85. The highest BCUT2D eigenvalue weighted by Gasteiger charge is 2.16. The van der Waals surface area contributed by atoms with Crippen LogP contribution in [0.25, 0.3) is 0 Å². The van der Waals surface area contributed by atoms with Gasteiger partial charge in [0.25, 0.3) is 15.9 Å². The van der Waals surface area contributed by atoms with Gasteiger partial charge in [-0.25, -0.2) is 13.2 Å². The molecule has 1 fully saturated rings. The Bertz CT molecular complexity index is 1250. The Morgan fingerprint density at radius 1 is 0.657 bits per heavy atom. The minimum Gasteiger partial charge on any atom is -0.325 e. The molecule has 3 N–H and O–H groups in total. The van der Waals surface area contributed by atoms with Crippen LogP contribution < -0.4 is 15.4 Å². The van der Waals surface area contributed by atoms with E-state index in [0.717, 1.165) is 38.8 Å². The lowest BCUT2D eigenvalue weighted by molar-refractivity contribution is 0.102. The molecule has 0 radical (unpaired) electrons. The summed E-state index contributed by atoms with van der Waals surface area (Å²) in [6.07, 6.45) is 4.37. The number of anilines is 3. The minimum atomic E-state index is -3.70. The first-order chi connectivity index (χ1) is 16.9. The maximum Gasteiger partial charge on any atom is 0.321 e. The van der Waals surface area contributed by atoms with Crippen molar-refractivity contribution >= 4 is 39.0 Å². The van der Waals surface area contributed by atoms with Gasteiger partial charge < -0.3 is 15.5 Å². The smallest absolute Gasteiger partial charge is 0.321 e. The van der Waals surface area contributed by atoms with Gasteiger partial charge in [-0.2, -0.15) is 0 Å². The third-order valence-corrected chi connectivity index (χ3v) is 7.14. The molecule has 35 heavy (non-hydrogen) atoms. The number of benzene rings is 3. The van der Waals surface area contributed by atoms with Crippen molar-refractivity contribution in [3.8, 4) is 0 Å². The summed E-state index contributed by atoms with van der Waals surface area (Å²) in [5.41, 5.74) is 1.98. The average molecular weight is 493 g/mol. The largest absolute Gasteiger partial charge is 0.325 e. The summed E-state index contributed by atoms with van der Waals surface area (Å²) in [7, 11) is -3.70. The van der Waals surface area contributed by atoms with Crippen molar-refractivity contribution in [2.24, 2.45) is 0 Å². The van der Waals surface area contributed by atoms with E-state index < -0.39 is 10.0 Å². The van der Waals surface area contributed by atoms with E-state index in [1.807, 2.05) is 4.90 Å². The van der Waals surface area contributed by atoms with Crippen LogP contribution in [-0.2, 0) is 10.0 Å². The number of carbonyl (C=O) groups excluding carboxylic acids is 2. The number of likely N-dealkylation sites (tertiary alicyclic amines) is 1. The highest BCUT2D eigenvalue weighted by Crippen LogP contribution is 2.19. The molecule has 0 bridgehead atoms. The first-order valence-electron chi connectivity index (χ1n) is 11.6. The van der Waals surface area contributed by atoms with Gasteiger partial charge in [-0.05, 0) is 73.5 Å². The molecule has 0 spiro atoms. The summed E-state index contributed by atoms with van der Waals surface area (Å²) >= 11 is 0. The second-order valence-corrected chi connectivity index (χ2v) is 10.0. The van der Waals surface area contributed by atoms with Crippen molar-refractivity contribution in [1.82, 2.24) is 4.90 Å². The number of urea groups is 1. The van der Waals surface area contributed by atoms with E-state index in [1.165, 1.54) is 24.3 Å². The van der Waals surface area contributed by atoms with E-state index in [2.05, 4.69) is 15.4 Å². The minimum absolute atomic E-state index is 0.105. The third-order valence-electron chi connectivity index (χ3n) is 5.74. The normalized spacial score (nSPS) is 14.0. The van der Waals surface area contributed by atoms with Crippen molar-refractivity contribution in [2.45, 2.75) is 30.6 Å². The summed E-state index contributed by atoms with van der Waals surface area (Å²) in [6, 6.07) is 21.1. The van der Waals surface area contributed by atoms with E-state index in [0.29, 0.717) is 22.6 Å². The lowest BCUT2D eigenvalue weighted by atomic mass is 10.2. The van der Waals surface area contributed by atoms with Crippen molar-refractivity contribution in [3.63, 3.8) is 0 Å². The molecule has 3 amide bonds. The zero-order valence-electron chi connectivity index (χ0n) is 19.2. The molecule has 9 heteroatoms. The van der Waals surface area contributed by atoms with E-state index >= 15 is 0 Å². The monoisotopic (exact) mass is 492 g/mol. The standard InChI is InChI=1S/C26H28N4O4S/c31-25(20-10-12-23(13-11-20)29-35(33,34)24-8-4-3-5-9-24)27-21-14-16-22(17-15-21)28-26(32)30-18-6-1-2-7-19-30/h3-5,8-17,29H,1-2,6-7,18-19H2,(H,27,31)(H,28,32). The molecule has 3 aromatic rings. The van der Waals surface area contributed by atoms with E-state index in [4.69, 9.17) is 0 Å². The Balaban J connectivity index is 1.32. The molecule has 0 aromatic heterocycles. The van der Waals surface area contributed by atoms with Gasteiger partial charge in [-0.1, -0.05) is 31.0 Å². The predicted octanol–water partition coefficient (Wildman–Crippen LogP) is 5.15. The SMILES string of the molecule is O=C(Nc1ccc(NC(=O)N2CCCCCC2)cc1)c1ccc(NS(=O)(=O)c2ccccc2)cc1. The maximum atomic E-state index is 12.6. The number of rotatable bonds is 6. The van der Waals surface area contributed by atoms with Crippen LogP contribution in [0.1, 0.15) is 36.0 Å². The molecule has 0 unspecified atom stereocenters. The number of carbonyl (C=O) groups is 2. The fraction of sp³-hybridized carbons (Fsp3) is 0.231. The van der Waals surface area contributed by atoms with Crippen molar-refractivity contribution in [3.05, 3.63) is 84.4 Å². The molecule has 3 aromatic carbocycles. The number of nitrogens with one attached hydrogen (secondary N) is 3. The van der Waals surface area contributed by atoms with E-state index in [-0.39, 0.29) is 16.8 Å². The predicted molar refractivity (Wildman–Crippen MR) is 137 cm³/mol. The third kappa shape index (κ3) is 6.60. The second-order valence-electron chi connectivity index (χ2n) is 8.36. The highest BCUT2D eigenvalue weighted by molar-refractivity contribution is 7.92. The highest BCUT2D eigenvalue weighted by atomic mass is 32.2. The lowest BCUT2D eigenvalue weighted by Crippen LogP contribution is -2.35. The van der Waals surface area contributed by atoms with Crippen LogP contribution in [0.2, 0.25) is 0 Å². The number of hydrogen-bond acceptors (Lipinski definition) is 4. The molecule has 1 aliphatic heterocycles. The average Bonchev–Trinajstić information content (AvgIpc) is 3.16. The van der Waals surface area contributed by atoms with Gasteiger partial charge in [0.2, 0.25) is 0 Å². The van der Waals surface area contributed by atoms with Gasteiger partial charge in [0.15, 0.2) is 0 Å². The first kappa shape index (κ1) is 24.3. The summed E-state index contributed by atoms with van der Waals surface area (Å²) in [5, 5.41) is 5.71. The number of nitrogens with zero attached hydrogens (tertiary/aromatic N) is 1. The van der Waals surface area contributed by atoms with Crippen LogP contribution in [-0.4, -0.2) is 38.3 Å². The molecular weight excluding hydrogens is 464 g/mol. The molecule has 1 aliphatic rings. The van der Waals surface area contributed by atoms with Gasteiger partial charge in [0, 0.05) is 35.7 Å². The van der Waals surface area contributed by atoms with Gasteiger partial charge in [0.05, 0.1) is 4.90 Å². The van der Waals surface area contributed by atoms with E-state index in [1.54, 1.807) is 54.6 Å². The lowest BCUT2D eigenvalue weighted by Gasteiger charge is -2.20. The van der Waals surface area contributed by atoms with Crippen LogP contribution in [0.3, 0.4) is 0 Å². The fourth-order valence-corrected chi connectivity index (χ4v) is 4.90. The molecule has 4 rings (SSSR count). The Morgan fingerprint density at radius 2 is 1.20 bits per heavy atom. The summed E-state index contributed by atoms with van der Waals surface area (Å²) < 4.78 is 27.4. The van der Waals surface area contributed by atoms with Crippen molar-refractivity contribution < 1.29 is 18.0 Å². The van der Waals surface area contributed by atoms with Crippen molar-refractivity contribution in [1.29, 1.82) is 0 Å². The Morgan fingerprint density at radius 3 is 1.80 bits per heavy atom. The van der Waals surface area contributed by atoms with Gasteiger partial charge in [-0.15, -0.1) is 0 Å². The summed E-state index contributed by atoms with van der Waals surface area (Å²) in [6.45, 7) is 1.54. The maximum absolute atomic E-state index is 12.6. The number of sulfonamides is 1. The van der Waals surface area contributed by atoms with Gasteiger partial charge in [0.1, 0.15) is 0 Å². The summed E-state index contributed by atoms with van der Waals surface area (Å²) in [4.78, 5) is 27.1. The molecule has 0 saturated carbocycles. The van der Waals surface area contributed by atoms with Crippen LogP contribution in [0.5, 0.6) is 0 Å². The first-order valence-corrected chi connectivity index (χ1v) is 13.0. The fourth-order valence-electron chi connectivity index (χ4n) is 3.82. The molecule has 0 aliphatic carbocycles. The molecule has 1 saturated heterocycles. The van der Waals surface area contributed by atoms with Crippen LogP contribution in [0.15, 0.2) is 83.8 Å². The topological polar surface area (TPSA) is 108 Å². The Labute approximate surface area is 205 Å². The number of hydrogen-bond donors (Lipinski definition) is 3. The molecule has 182 valence electrons. The molecule has 8 nitrogen and oxygen atoms in total. The Kier molecular flexibility index (Phi) is 7.67. The van der Waals surface area contributed by atoms with Crippen LogP contribution >= 0.6 is 0 Å². The zero-order valence-corrected chi connectivity index (χ0v) is 20.1. The van der Waals surface area contributed by atoms with Crippen LogP contribution in [0, 0.1) is 0 Å². The molecule has 1 heterocycles. The second kappa shape index (κ2) is 11.1. The quantitative estimate of drug-likeness (QED) is 0.442. The van der Waals surface area contributed by atoms with Gasteiger partial charge in [-0.3, -0.25) is 9.52 Å². The zero-order chi connectivity index (χ0) is 24.7. The summed E-state index contributed by atoms with van der Waals surface area (Å²) in [5.74, 6) is -0.330. The molecule has 0 atom stereocenters. The number of amides is 3.